The molecule has 0 aliphatic heterocycles. The Hall–Kier alpha value is 0.0287. The quantitative estimate of drug-likeness (QED) is 0.262. The van der Waals surface area contributed by atoms with Gasteiger partial charge >= 0.3 is 185 Å². The predicted molar refractivity (Wildman–Crippen MR) is 126 cm³/mol. The average Bonchev–Trinajstić information content (AvgIpc) is 2.66. The molecule has 1 amide bonds. The van der Waals surface area contributed by atoms with Crippen LogP contribution in [-0.4, -0.2) is 46.8 Å². The minimum absolute atomic E-state index is 0.103. The first-order valence-electron chi connectivity index (χ1n) is 12.4. The first kappa shape index (κ1) is 27.1. The van der Waals surface area contributed by atoms with Crippen LogP contribution in [0, 0.1) is 0 Å². The summed E-state index contributed by atoms with van der Waals surface area (Å²) in [6, 6.07) is 0.103. The Balaban J connectivity index is 2.76. The van der Waals surface area contributed by atoms with Crippen molar-refractivity contribution in [3.63, 3.8) is 0 Å². The third-order valence-corrected chi connectivity index (χ3v) is 20.5. The van der Waals surface area contributed by atoms with Crippen LogP contribution in [0.1, 0.15) is 106 Å². The zero-order chi connectivity index (χ0) is 21.8. The molecule has 172 valence electrons. The number of nitrogens with one attached hydrogen (secondary N) is 1. The molecule has 1 aliphatic carbocycles. The van der Waals surface area contributed by atoms with Gasteiger partial charge in [-0.25, -0.2) is 0 Å². The molecule has 0 radical (unpaired) electrons. The number of hydrogen-bond acceptors (Lipinski definition) is 3. The third kappa shape index (κ3) is 11.3. The molecule has 1 aliphatic rings. The van der Waals surface area contributed by atoms with Gasteiger partial charge in [-0.1, -0.05) is 0 Å². The third-order valence-electron chi connectivity index (χ3n) is 6.19. The molecule has 0 bridgehead atoms. The number of unbranched alkanes of at least 4 members (excludes halogenated alkanes) is 3. The summed E-state index contributed by atoms with van der Waals surface area (Å²) in [5.74, 6) is 0. The van der Waals surface area contributed by atoms with Crippen molar-refractivity contribution in [2.45, 2.75) is 137 Å². The van der Waals surface area contributed by atoms with Gasteiger partial charge in [-0.3, -0.25) is 0 Å². The van der Waals surface area contributed by atoms with Gasteiger partial charge < -0.3 is 0 Å². The van der Waals surface area contributed by atoms with Gasteiger partial charge in [0.1, 0.15) is 0 Å². The molecule has 1 N–H and O–H groups in total. The molecule has 0 heterocycles. The standard InChI is InChI=1S/C12H22NO3.3C4H9.Sn/c1-12(2,3)16-11(14)13-9-7-5-6-8-10(9)15-4;3*1-3-4-2;/h9-10H,4-8H2,1-3H3,(H,13,14);3*1,3-4H2,2H3;. The van der Waals surface area contributed by atoms with Gasteiger partial charge in [-0.2, -0.15) is 0 Å². The molecule has 1 rings (SSSR count). The monoisotopic (exact) mass is 519 g/mol. The number of amides is 1. The van der Waals surface area contributed by atoms with Crippen LogP contribution in [0.25, 0.3) is 0 Å². The van der Waals surface area contributed by atoms with Crippen molar-refractivity contribution in [2.75, 3.05) is 4.62 Å². The molecule has 0 aromatic heterocycles. The van der Waals surface area contributed by atoms with Crippen molar-refractivity contribution in [3.05, 3.63) is 0 Å². The predicted octanol–water partition coefficient (Wildman–Crippen LogP) is 7.23. The van der Waals surface area contributed by atoms with E-state index in [1.807, 2.05) is 20.8 Å². The first-order valence-corrected chi connectivity index (χ1v) is 20.4. The normalized spacial score (nSPS) is 20.5. The maximum absolute atomic E-state index is 12.3. The maximum atomic E-state index is 12.3. The number of rotatable bonds is 13. The fraction of sp³-hybridized carbons (Fsp3) is 0.958. The van der Waals surface area contributed by atoms with Crippen LogP contribution < -0.4 is 5.32 Å². The van der Waals surface area contributed by atoms with E-state index in [0.717, 1.165) is 23.9 Å². The zero-order valence-corrected chi connectivity index (χ0v) is 23.1. The summed E-state index contributed by atoms with van der Waals surface area (Å²) in [4.78, 5) is 12.3. The van der Waals surface area contributed by atoms with Gasteiger partial charge in [0, 0.05) is 0 Å². The zero-order valence-electron chi connectivity index (χ0n) is 20.3. The molecular formula is C24H49NO3Sn. The fourth-order valence-corrected chi connectivity index (χ4v) is 18.9. The number of hydrogen-bond donors (Lipinski definition) is 1. The van der Waals surface area contributed by atoms with Gasteiger partial charge in [-0.15, -0.1) is 0 Å². The molecule has 0 aromatic rings. The molecule has 2 unspecified atom stereocenters. The van der Waals surface area contributed by atoms with Crippen molar-refractivity contribution >= 4 is 24.5 Å². The van der Waals surface area contributed by atoms with Gasteiger partial charge in [0.15, 0.2) is 0 Å². The molecule has 2 atom stereocenters. The van der Waals surface area contributed by atoms with E-state index in [1.54, 1.807) is 0 Å². The molecular weight excluding hydrogens is 469 g/mol. The average molecular weight is 518 g/mol. The molecule has 0 aromatic carbocycles. The number of ether oxygens (including phenoxy) is 2. The van der Waals surface area contributed by atoms with Gasteiger partial charge in [0.25, 0.3) is 0 Å². The van der Waals surface area contributed by atoms with E-state index in [9.17, 15) is 4.79 Å². The summed E-state index contributed by atoms with van der Waals surface area (Å²) in [7, 11) is 0. The van der Waals surface area contributed by atoms with Crippen molar-refractivity contribution in [1.29, 1.82) is 0 Å². The number of alkyl carbamates (subject to hydrolysis) is 1. The molecule has 1 saturated carbocycles. The molecule has 4 nitrogen and oxygen atoms in total. The van der Waals surface area contributed by atoms with E-state index < -0.39 is 24.0 Å². The van der Waals surface area contributed by atoms with Crippen molar-refractivity contribution in [2.24, 2.45) is 0 Å². The second-order valence-electron chi connectivity index (χ2n) is 10.2. The fourth-order valence-electron chi connectivity index (χ4n) is 4.45. The second kappa shape index (κ2) is 14.2. The van der Waals surface area contributed by atoms with Crippen LogP contribution in [0.5, 0.6) is 0 Å². The Kier molecular flexibility index (Phi) is 13.2. The number of carbonyl (C=O) groups is 1. The molecule has 29 heavy (non-hydrogen) atoms. The summed E-state index contributed by atoms with van der Waals surface area (Å²) in [6.07, 6.45) is 12.3. The van der Waals surface area contributed by atoms with Crippen LogP contribution in [0.15, 0.2) is 0 Å². The van der Waals surface area contributed by atoms with Gasteiger partial charge in [0.05, 0.1) is 0 Å². The SMILES string of the molecule is CCC[CH2][Sn]([CH2]CCC)([CH2]CCC)[CH2]OC1CCCCC1NC(=O)OC(C)(C)C. The molecule has 1 fully saturated rings. The van der Waals surface area contributed by atoms with Crippen molar-refractivity contribution < 1.29 is 14.3 Å². The number of carbonyl (C=O) groups excluding carboxylic acids is 1. The van der Waals surface area contributed by atoms with E-state index in [4.69, 9.17) is 9.47 Å². The van der Waals surface area contributed by atoms with Crippen LogP contribution in [-0.2, 0) is 9.47 Å². The van der Waals surface area contributed by atoms with Crippen LogP contribution >= 0.6 is 0 Å². The summed E-state index contributed by atoms with van der Waals surface area (Å²) < 4.78 is 17.7. The van der Waals surface area contributed by atoms with Crippen LogP contribution in [0.2, 0.25) is 13.3 Å². The summed E-state index contributed by atoms with van der Waals surface area (Å²) in [6.45, 7) is 12.7. The van der Waals surface area contributed by atoms with E-state index in [0.29, 0.717) is 0 Å². The Bertz CT molecular complexity index is 428. The first-order chi connectivity index (χ1) is 13.7. The summed E-state index contributed by atoms with van der Waals surface area (Å²) >= 11 is -2.30. The van der Waals surface area contributed by atoms with E-state index in [-0.39, 0.29) is 18.2 Å². The van der Waals surface area contributed by atoms with Gasteiger partial charge in [-0.05, 0) is 0 Å². The van der Waals surface area contributed by atoms with E-state index in [1.165, 1.54) is 58.3 Å². The Morgan fingerprint density at radius 3 is 1.93 bits per heavy atom. The van der Waals surface area contributed by atoms with E-state index >= 15 is 0 Å². The topological polar surface area (TPSA) is 47.6 Å². The Morgan fingerprint density at radius 1 is 0.931 bits per heavy atom. The summed E-state index contributed by atoms with van der Waals surface area (Å²) in [5.41, 5.74) is -0.457. The second-order valence-corrected chi connectivity index (χ2v) is 23.9. The molecule has 0 saturated heterocycles. The molecule has 0 spiro atoms. The molecule has 5 heteroatoms. The van der Waals surface area contributed by atoms with E-state index in [2.05, 4.69) is 26.1 Å². The Labute approximate surface area is 185 Å². The van der Waals surface area contributed by atoms with Crippen LogP contribution in [0.4, 0.5) is 4.79 Å². The van der Waals surface area contributed by atoms with Crippen molar-refractivity contribution in [3.8, 4) is 0 Å². The Morgan fingerprint density at radius 2 is 1.45 bits per heavy atom. The van der Waals surface area contributed by atoms with Crippen molar-refractivity contribution in [1.82, 2.24) is 5.32 Å². The van der Waals surface area contributed by atoms with Crippen LogP contribution in [0.3, 0.4) is 0 Å². The minimum atomic E-state index is -2.30. The summed E-state index contributed by atoms with van der Waals surface area (Å²) in [5, 5.41) is 3.13. The van der Waals surface area contributed by atoms with Gasteiger partial charge in [0.2, 0.25) is 0 Å².